The van der Waals surface area contributed by atoms with Crippen LogP contribution in [0, 0.1) is 24.2 Å². The minimum Gasteiger partial charge on any atom is -0.496 e. The summed E-state index contributed by atoms with van der Waals surface area (Å²) in [6.07, 6.45) is 0.370. The van der Waals surface area contributed by atoms with Crippen molar-refractivity contribution in [2.24, 2.45) is 5.92 Å². The second-order valence-electron chi connectivity index (χ2n) is 6.57. The minimum absolute atomic E-state index is 0.0984. The lowest BCUT2D eigenvalue weighted by Gasteiger charge is -2.24. The van der Waals surface area contributed by atoms with E-state index in [2.05, 4.69) is 31.3 Å². The van der Waals surface area contributed by atoms with E-state index in [0.29, 0.717) is 12.3 Å². The molecule has 1 atom stereocenters. The van der Waals surface area contributed by atoms with E-state index in [9.17, 15) is 4.79 Å². The summed E-state index contributed by atoms with van der Waals surface area (Å²) < 4.78 is 5.29. The van der Waals surface area contributed by atoms with Crippen molar-refractivity contribution in [1.29, 1.82) is 5.26 Å². The van der Waals surface area contributed by atoms with Gasteiger partial charge in [-0.05, 0) is 49.8 Å². The molecule has 0 spiro atoms. The smallest absolute Gasteiger partial charge is 0.221 e. The molecule has 0 aliphatic carbocycles. The molecule has 0 bridgehead atoms. The number of nitriles is 1. The largest absolute Gasteiger partial charge is 0.496 e. The molecule has 0 aromatic heterocycles. The normalized spacial score (nSPS) is 12.6. The fourth-order valence-corrected chi connectivity index (χ4v) is 2.50. The van der Waals surface area contributed by atoms with E-state index in [4.69, 9.17) is 10.00 Å². The quantitative estimate of drug-likeness (QED) is 0.874. The maximum Gasteiger partial charge on any atom is 0.221 e. The molecule has 0 aliphatic rings. The third-order valence-electron chi connectivity index (χ3n) is 3.79. The summed E-state index contributed by atoms with van der Waals surface area (Å²) in [6.45, 7) is 9.61. The van der Waals surface area contributed by atoms with Crippen LogP contribution in [0.5, 0.6) is 5.75 Å². The molecule has 0 heterocycles. The molecule has 0 fully saturated rings. The minimum atomic E-state index is -0.839. The number of amides is 1. The highest BCUT2D eigenvalue weighted by atomic mass is 16.5. The van der Waals surface area contributed by atoms with Crippen LogP contribution in [-0.2, 0) is 4.79 Å². The number of nitrogens with one attached hydrogen (secondary N) is 1. The highest BCUT2D eigenvalue weighted by molar-refractivity contribution is 5.78. The van der Waals surface area contributed by atoms with Gasteiger partial charge in [0.15, 0.2) is 0 Å². The summed E-state index contributed by atoms with van der Waals surface area (Å²) in [6, 6.07) is 8.12. The number of nitrogens with zero attached hydrogens (tertiary/aromatic N) is 1. The molecule has 1 aromatic rings. The van der Waals surface area contributed by atoms with Gasteiger partial charge < -0.3 is 10.1 Å². The van der Waals surface area contributed by atoms with E-state index >= 15 is 0 Å². The van der Waals surface area contributed by atoms with Crippen LogP contribution in [0.3, 0.4) is 0 Å². The van der Waals surface area contributed by atoms with Crippen LogP contribution in [0.2, 0.25) is 0 Å². The first-order chi connectivity index (χ1) is 10.2. The van der Waals surface area contributed by atoms with Gasteiger partial charge in [0.1, 0.15) is 11.3 Å². The van der Waals surface area contributed by atoms with Crippen molar-refractivity contribution < 1.29 is 9.53 Å². The van der Waals surface area contributed by atoms with Crippen molar-refractivity contribution in [3.05, 3.63) is 29.3 Å². The molecule has 1 aromatic carbocycles. The van der Waals surface area contributed by atoms with Gasteiger partial charge in [0.25, 0.3) is 0 Å². The zero-order valence-corrected chi connectivity index (χ0v) is 14.4. The molecule has 0 aliphatic heterocycles. The van der Waals surface area contributed by atoms with Crippen LogP contribution < -0.4 is 10.1 Å². The van der Waals surface area contributed by atoms with Crippen molar-refractivity contribution in [3.8, 4) is 11.8 Å². The van der Waals surface area contributed by atoms with Crippen molar-refractivity contribution in [2.45, 2.75) is 52.5 Å². The molecule has 0 saturated heterocycles. The highest BCUT2D eigenvalue weighted by Gasteiger charge is 2.24. The monoisotopic (exact) mass is 302 g/mol. The van der Waals surface area contributed by atoms with Gasteiger partial charge in [-0.15, -0.1) is 0 Å². The average molecular weight is 302 g/mol. The van der Waals surface area contributed by atoms with Gasteiger partial charge in [-0.2, -0.15) is 5.26 Å². The summed E-state index contributed by atoms with van der Waals surface area (Å²) in [5.41, 5.74) is 1.34. The van der Waals surface area contributed by atoms with Crippen LogP contribution in [-0.4, -0.2) is 18.6 Å². The fraction of sp³-hybridized carbons (Fsp3) is 0.556. The van der Waals surface area contributed by atoms with Crippen molar-refractivity contribution in [2.75, 3.05) is 7.11 Å². The second kappa shape index (κ2) is 7.31. The lowest BCUT2D eigenvalue weighted by atomic mass is 9.84. The maximum absolute atomic E-state index is 12.2. The molecule has 4 nitrogen and oxygen atoms in total. The number of hydrogen-bond donors (Lipinski definition) is 1. The molecule has 120 valence electrons. The van der Waals surface area contributed by atoms with Gasteiger partial charge >= 0.3 is 0 Å². The zero-order valence-electron chi connectivity index (χ0n) is 14.4. The molecule has 4 heteroatoms. The van der Waals surface area contributed by atoms with E-state index in [1.165, 1.54) is 0 Å². The summed E-state index contributed by atoms with van der Waals surface area (Å²) in [5.74, 6) is 1.18. The standard InChI is InChI=1S/C18H26N2O2/c1-12(2)15(10-17(21)20-18(4,5)11-19)14-7-8-16(22-6)13(3)9-14/h7-9,12,15H,10H2,1-6H3,(H,20,21). The Labute approximate surface area is 133 Å². The average Bonchev–Trinajstić information content (AvgIpc) is 2.44. The molecule has 0 saturated carbocycles. The predicted molar refractivity (Wildman–Crippen MR) is 87.8 cm³/mol. The SMILES string of the molecule is COc1ccc(C(CC(=O)NC(C)(C)C#N)C(C)C)cc1C. The first kappa shape index (κ1) is 18.0. The zero-order chi connectivity index (χ0) is 16.9. The van der Waals surface area contributed by atoms with Crippen LogP contribution in [0.1, 0.15) is 51.2 Å². The number of methoxy groups -OCH3 is 1. The molecule has 1 rings (SSSR count). The summed E-state index contributed by atoms with van der Waals surface area (Å²) in [4.78, 5) is 12.2. The van der Waals surface area contributed by atoms with E-state index in [0.717, 1.165) is 16.9 Å². The van der Waals surface area contributed by atoms with Gasteiger partial charge in [0.2, 0.25) is 5.91 Å². The number of rotatable bonds is 6. The van der Waals surface area contributed by atoms with Crippen LogP contribution >= 0.6 is 0 Å². The first-order valence-electron chi connectivity index (χ1n) is 7.57. The Balaban J connectivity index is 2.93. The topological polar surface area (TPSA) is 62.1 Å². The van der Waals surface area contributed by atoms with Crippen LogP contribution in [0.25, 0.3) is 0 Å². The fourth-order valence-electron chi connectivity index (χ4n) is 2.50. The van der Waals surface area contributed by atoms with Gasteiger partial charge in [0, 0.05) is 6.42 Å². The van der Waals surface area contributed by atoms with E-state index in [1.54, 1.807) is 21.0 Å². The Kier molecular flexibility index (Phi) is 5.99. The van der Waals surface area contributed by atoms with Crippen LogP contribution in [0.4, 0.5) is 0 Å². The Morgan fingerprint density at radius 2 is 2.05 bits per heavy atom. The van der Waals surface area contributed by atoms with Crippen LogP contribution in [0.15, 0.2) is 18.2 Å². The molecular weight excluding hydrogens is 276 g/mol. The Morgan fingerprint density at radius 3 is 2.50 bits per heavy atom. The third-order valence-corrected chi connectivity index (χ3v) is 3.79. The second-order valence-corrected chi connectivity index (χ2v) is 6.57. The Morgan fingerprint density at radius 1 is 1.41 bits per heavy atom. The lowest BCUT2D eigenvalue weighted by molar-refractivity contribution is -0.122. The number of benzene rings is 1. The third kappa shape index (κ3) is 4.77. The maximum atomic E-state index is 12.2. The summed E-state index contributed by atoms with van der Waals surface area (Å²) in [7, 11) is 1.65. The number of carbonyl (C=O) groups excluding carboxylic acids is 1. The van der Waals surface area contributed by atoms with Gasteiger partial charge in [-0.25, -0.2) is 0 Å². The Hall–Kier alpha value is -2.02. The van der Waals surface area contributed by atoms with Gasteiger partial charge in [-0.1, -0.05) is 26.0 Å². The molecule has 1 amide bonds. The first-order valence-corrected chi connectivity index (χ1v) is 7.57. The van der Waals surface area contributed by atoms with Gasteiger partial charge in [0.05, 0.1) is 13.2 Å². The van der Waals surface area contributed by atoms with Crippen molar-refractivity contribution >= 4 is 5.91 Å². The van der Waals surface area contributed by atoms with Crippen molar-refractivity contribution in [3.63, 3.8) is 0 Å². The summed E-state index contributed by atoms with van der Waals surface area (Å²) >= 11 is 0. The predicted octanol–water partition coefficient (Wildman–Crippen LogP) is 3.55. The molecule has 0 radical (unpaired) electrons. The molecule has 22 heavy (non-hydrogen) atoms. The molecular formula is C18H26N2O2. The van der Waals surface area contributed by atoms with E-state index < -0.39 is 5.54 Å². The lowest BCUT2D eigenvalue weighted by Crippen LogP contribution is -2.42. The van der Waals surface area contributed by atoms with Crippen molar-refractivity contribution in [1.82, 2.24) is 5.32 Å². The number of carbonyl (C=O) groups is 1. The molecule has 1 N–H and O–H groups in total. The summed E-state index contributed by atoms with van der Waals surface area (Å²) in [5, 5.41) is 11.8. The number of aryl methyl sites for hydroxylation is 1. The van der Waals surface area contributed by atoms with E-state index in [1.807, 2.05) is 19.1 Å². The highest BCUT2D eigenvalue weighted by Crippen LogP contribution is 2.31. The Bertz CT molecular complexity index is 571. The number of hydrogen-bond acceptors (Lipinski definition) is 3. The number of ether oxygens (including phenoxy) is 1. The molecule has 1 unspecified atom stereocenters. The van der Waals surface area contributed by atoms with E-state index in [-0.39, 0.29) is 11.8 Å². The van der Waals surface area contributed by atoms with Gasteiger partial charge in [-0.3, -0.25) is 4.79 Å².